The molecule has 22 heavy (non-hydrogen) atoms. The van der Waals surface area contributed by atoms with Crippen LogP contribution in [0.25, 0.3) is 10.2 Å². The van der Waals surface area contributed by atoms with E-state index < -0.39 is 0 Å². The van der Waals surface area contributed by atoms with E-state index in [2.05, 4.69) is 22.1 Å². The molecule has 6 heteroatoms. The molecule has 1 saturated heterocycles. The van der Waals surface area contributed by atoms with E-state index >= 15 is 0 Å². The Labute approximate surface area is 134 Å². The average Bonchev–Trinajstić information content (AvgIpc) is 2.98. The number of rotatable bonds is 4. The monoisotopic (exact) mass is 319 g/mol. The van der Waals surface area contributed by atoms with Gasteiger partial charge in [-0.05, 0) is 31.5 Å². The van der Waals surface area contributed by atoms with E-state index in [0.717, 1.165) is 48.1 Å². The molecule has 1 N–H and O–H groups in total. The zero-order valence-electron chi connectivity index (χ0n) is 13.0. The number of morpholine rings is 1. The van der Waals surface area contributed by atoms with E-state index in [1.807, 2.05) is 25.1 Å². The molecule has 2 aromatic rings. The van der Waals surface area contributed by atoms with Crippen LogP contribution in [0.4, 0.5) is 5.13 Å². The first-order chi connectivity index (χ1) is 10.7. The summed E-state index contributed by atoms with van der Waals surface area (Å²) in [7, 11) is 0. The number of nitrogens with zero attached hydrogens (tertiary/aromatic N) is 2. The van der Waals surface area contributed by atoms with Crippen LogP contribution < -0.4 is 10.2 Å². The Balaban J connectivity index is 1.82. The van der Waals surface area contributed by atoms with E-state index in [1.165, 1.54) is 0 Å². The molecular formula is C16H21N3O2S. The lowest BCUT2D eigenvalue weighted by Gasteiger charge is -2.25. The highest BCUT2D eigenvalue weighted by Crippen LogP contribution is 2.30. The van der Waals surface area contributed by atoms with Gasteiger partial charge in [0, 0.05) is 24.7 Å². The minimum atomic E-state index is -0.0161. The molecule has 5 nitrogen and oxygen atoms in total. The molecule has 1 fully saturated rings. The molecule has 0 aliphatic carbocycles. The van der Waals surface area contributed by atoms with Gasteiger partial charge in [-0.2, -0.15) is 0 Å². The third-order valence-corrected chi connectivity index (χ3v) is 4.99. The lowest BCUT2D eigenvalue weighted by Crippen LogP contribution is -2.36. The summed E-state index contributed by atoms with van der Waals surface area (Å²) >= 11 is 1.64. The molecule has 2 heterocycles. The van der Waals surface area contributed by atoms with Crippen LogP contribution in [0, 0.1) is 0 Å². The van der Waals surface area contributed by atoms with Crippen molar-refractivity contribution in [2.45, 2.75) is 26.3 Å². The highest BCUT2D eigenvalue weighted by atomic mass is 32.1. The van der Waals surface area contributed by atoms with Gasteiger partial charge in [-0.3, -0.25) is 4.79 Å². The molecule has 1 atom stereocenters. The number of ether oxygens (including phenoxy) is 1. The number of anilines is 1. The van der Waals surface area contributed by atoms with Crippen molar-refractivity contribution in [2.24, 2.45) is 0 Å². The predicted octanol–water partition coefficient (Wildman–Crippen LogP) is 2.66. The molecular weight excluding hydrogens is 298 g/mol. The number of aromatic nitrogens is 1. The minimum Gasteiger partial charge on any atom is -0.378 e. The Bertz CT molecular complexity index is 664. The maximum atomic E-state index is 12.2. The molecule has 3 rings (SSSR count). The molecule has 0 bridgehead atoms. The van der Waals surface area contributed by atoms with E-state index in [4.69, 9.17) is 4.74 Å². The van der Waals surface area contributed by atoms with Crippen LogP contribution in [0.1, 0.15) is 30.6 Å². The number of hydrogen-bond acceptors (Lipinski definition) is 5. The molecule has 1 amide bonds. The molecule has 0 unspecified atom stereocenters. The summed E-state index contributed by atoms with van der Waals surface area (Å²) < 4.78 is 6.43. The zero-order valence-corrected chi connectivity index (χ0v) is 13.8. The summed E-state index contributed by atoms with van der Waals surface area (Å²) in [5.74, 6) is -0.0161. The van der Waals surface area contributed by atoms with Crippen molar-refractivity contribution in [1.82, 2.24) is 10.3 Å². The topological polar surface area (TPSA) is 54.5 Å². The van der Waals surface area contributed by atoms with Crippen LogP contribution >= 0.6 is 11.3 Å². The minimum absolute atomic E-state index is 0.0161. The molecule has 1 aliphatic heterocycles. The summed E-state index contributed by atoms with van der Waals surface area (Å²) in [6.45, 7) is 7.32. The number of benzene rings is 1. The van der Waals surface area contributed by atoms with Crippen molar-refractivity contribution < 1.29 is 9.53 Å². The van der Waals surface area contributed by atoms with Gasteiger partial charge in [0.05, 0.1) is 23.4 Å². The van der Waals surface area contributed by atoms with Gasteiger partial charge >= 0.3 is 0 Å². The summed E-state index contributed by atoms with van der Waals surface area (Å²) in [6, 6.07) is 5.91. The molecule has 0 saturated carbocycles. The van der Waals surface area contributed by atoms with Crippen molar-refractivity contribution in [3.63, 3.8) is 0 Å². The molecule has 118 valence electrons. The number of amides is 1. The van der Waals surface area contributed by atoms with E-state index in [1.54, 1.807) is 11.3 Å². The maximum absolute atomic E-state index is 12.2. The molecule has 1 aliphatic rings. The van der Waals surface area contributed by atoms with Gasteiger partial charge in [-0.15, -0.1) is 0 Å². The summed E-state index contributed by atoms with van der Waals surface area (Å²) in [4.78, 5) is 19.1. The number of carbonyl (C=O) groups excluding carboxylic acids is 1. The van der Waals surface area contributed by atoms with Crippen LogP contribution in [-0.4, -0.2) is 43.2 Å². The van der Waals surface area contributed by atoms with Gasteiger partial charge < -0.3 is 15.0 Å². The van der Waals surface area contributed by atoms with Gasteiger partial charge in [0.15, 0.2) is 5.13 Å². The second-order valence-electron chi connectivity index (χ2n) is 5.56. The maximum Gasteiger partial charge on any atom is 0.251 e. The van der Waals surface area contributed by atoms with Gasteiger partial charge in [0.25, 0.3) is 5.91 Å². The SMILES string of the molecule is CC[C@H](C)NC(=O)c1ccc2nc(N3CCOCC3)sc2c1. The van der Waals surface area contributed by atoms with Gasteiger partial charge in [0.1, 0.15) is 0 Å². The highest BCUT2D eigenvalue weighted by molar-refractivity contribution is 7.22. The standard InChI is InChI=1S/C16H21N3O2S/c1-3-11(2)17-15(20)12-4-5-13-14(10-12)22-16(18-13)19-6-8-21-9-7-19/h4-5,10-11H,3,6-9H2,1-2H3,(H,17,20)/t11-/m0/s1. The van der Waals surface area contributed by atoms with E-state index in [-0.39, 0.29) is 11.9 Å². The average molecular weight is 319 g/mol. The van der Waals surface area contributed by atoms with E-state index in [9.17, 15) is 4.79 Å². The van der Waals surface area contributed by atoms with Gasteiger partial charge in [-0.1, -0.05) is 18.3 Å². The third kappa shape index (κ3) is 3.23. The number of nitrogens with one attached hydrogen (secondary N) is 1. The van der Waals surface area contributed by atoms with Crippen molar-refractivity contribution in [1.29, 1.82) is 0 Å². The van der Waals surface area contributed by atoms with Crippen LogP contribution in [0.15, 0.2) is 18.2 Å². The fraction of sp³-hybridized carbons (Fsp3) is 0.500. The lowest BCUT2D eigenvalue weighted by atomic mass is 10.2. The van der Waals surface area contributed by atoms with Crippen molar-refractivity contribution in [3.05, 3.63) is 23.8 Å². The Morgan fingerprint density at radius 1 is 1.45 bits per heavy atom. The number of carbonyl (C=O) groups is 1. The summed E-state index contributed by atoms with van der Waals surface area (Å²) in [5.41, 5.74) is 1.65. The first-order valence-electron chi connectivity index (χ1n) is 7.71. The fourth-order valence-corrected chi connectivity index (χ4v) is 3.41. The van der Waals surface area contributed by atoms with E-state index in [0.29, 0.717) is 5.56 Å². The molecule has 1 aromatic carbocycles. The van der Waals surface area contributed by atoms with Crippen LogP contribution in [0.3, 0.4) is 0 Å². The fourth-order valence-electron chi connectivity index (χ4n) is 2.35. The second-order valence-corrected chi connectivity index (χ2v) is 6.57. The molecule has 0 radical (unpaired) electrons. The van der Waals surface area contributed by atoms with Crippen LogP contribution in [0.2, 0.25) is 0 Å². The number of fused-ring (bicyclic) bond motifs is 1. The first kappa shape index (κ1) is 15.2. The van der Waals surface area contributed by atoms with Gasteiger partial charge in [0.2, 0.25) is 0 Å². The number of thiazole rings is 1. The smallest absolute Gasteiger partial charge is 0.251 e. The highest BCUT2D eigenvalue weighted by Gasteiger charge is 2.16. The second kappa shape index (κ2) is 6.62. The Morgan fingerprint density at radius 2 is 2.23 bits per heavy atom. The summed E-state index contributed by atoms with van der Waals surface area (Å²) in [6.07, 6.45) is 0.926. The Kier molecular flexibility index (Phi) is 4.59. The predicted molar refractivity (Wildman–Crippen MR) is 89.9 cm³/mol. The summed E-state index contributed by atoms with van der Waals surface area (Å²) in [5, 5.41) is 4.01. The lowest BCUT2D eigenvalue weighted by molar-refractivity contribution is 0.0939. The normalized spacial score (nSPS) is 16.7. The Hall–Kier alpha value is -1.66. The van der Waals surface area contributed by atoms with Crippen molar-refractivity contribution in [3.8, 4) is 0 Å². The van der Waals surface area contributed by atoms with Crippen LogP contribution in [0.5, 0.6) is 0 Å². The largest absolute Gasteiger partial charge is 0.378 e. The quantitative estimate of drug-likeness (QED) is 0.941. The molecule has 1 aromatic heterocycles. The molecule has 0 spiro atoms. The first-order valence-corrected chi connectivity index (χ1v) is 8.53. The number of hydrogen-bond donors (Lipinski definition) is 1. The third-order valence-electron chi connectivity index (χ3n) is 3.91. The van der Waals surface area contributed by atoms with Crippen molar-refractivity contribution in [2.75, 3.05) is 31.2 Å². The van der Waals surface area contributed by atoms with Gasteiger partial charge in [-0.25, -0.2) is 4.98 Å². The zero-order chi connectivity index (χ0) is 15.5. The van der Waals surface area contributed by atoms with Crippen LogP contribution in [-0.2, 0) is 4.74 Å². The van der Waals surface area contributed by atoms with Crippen molar-refractivity contribution >= 4 is 32.6 Å². The Morgan fingerprint density at radius 3 is 2.95 bits per heavy atom.